The molecule has 4 fully saturated rings. The topological polar surface area (TPSA) is 32.3 Å². The van der Waals surface area contributed by atoms with Crippen LogP contribution in [0.2, 0.25) is 0 Å². The lowest BCUT2D eigenvalue weighted by Gasteiger charge is -2.55. The molecule has 0 aromatic rings. The summed E-state index contributed by atoms with van der Waals surface area (Å²) in [4.78, 5) is 0. The van der Waals surface area contributed by atoms with Crippen molar-refractivity contribution in [3.63, 3.8) is 0 Å². The standard InChI is InChI=1S/C16H29NO/c1-10(2)3-15(9-18)17-16-13-5-11-4-12(7-13)8-14(16)6-11/h10-18H,3-9H2,1-2H3. The zero-order valence-electron chi connectivity index (χ0n) is 11.9. The first-order chi connectivity index (χ1) is 8.65. The predicted octanol–water partition coefficient (Wildman–Crippen LogP) is 2.81. The fraction of sp³-hybridized carbons (Fsp3) is 1.00. The third-order valence-corrected chi connectivity index (χ3v) is 5.63. The third kappa shape index (κ3) is 2.46. The van der Waals surface area contributed by atoms with Crippen molar-refractivity contribution >= 4 is 0 Å². The third-order valence-electron chi connectivity index (χ3n) is 5.63. The lowest BCUT2D eigenvalue weighted by Crippen LogP contribution is -2.57. The summed E-state index contributed by atoms with van der Waals surface area (Å²) in [5.74, 6) is 4.60. The van der Waals surface area contributed by atoms with Gasteiger partial charge in [0.2, 0.25) is 0 Å². The van der Waals surface area contributed by atoms with E-state index in [1.54, 1.807) is 0 Å². The Kier molecular flexibility index (Phi) is 3.68. The largest absolute Gasteiger partial charge is 0.395 e. The lowest BCUT2D eigenvalue weighted by atomic mass is 9.54. The zero-order valence-corrected chi connectivity index (χ0v) is 11.9. The SMILES string of the molecule is CC(C)CC(CO)NC1C2CC3CC(C2)CC1C3. The molecule has 4 aliphatic carbocycles. The van der Waals surface area contributed by atoms with E-state index in [4.69, 9.17) is 0 Å². The van der Waals surface area contributed by atoms with Crippen LogP contribution in [-0.2, 0) is 0 Å². The highest BCUT2D eigenvalue weighted by Crippen LogP contribution is 2.53. The molecule has 0 aromatic heterocycles. The maximum Gasteiger partial charge on any atom is 0.0584 e. The van der Waals surface area contributed by atoms with Gasteiger partial charge in [0.05, 0.1) is 6.61 Å². The normalized spacial score (nSPS) is 43.7. The monoisotopic (exact) mass is 251 g/mol. The summed E-state index contributed by atoms with van der Waals surface area (Å²) in [6.45, 7) is 4.81. The molecule has 104 valence electrons. The van der Waals surface area contributed by atoms with Gasteiger partial charge in [-0.15, -0.1) is 0 Å². The molecule has 4 rings (SSSR count). The van der Waals surface area contributed by atoms with Crippen LogP contribution in [-0.4, -0.2) is 23.8 Å². The molecule has 18 heavy (non-hydrogen) atoms. The average Bonchev–Trinajstić information content (AvgIpc) is 2.30. The van der Waals surface area contributed by atoms with E-state index in [1.807, 2.05) is 0 Å². The Morgan fingerprint density at radius 1 is 1.00 bits per heavy atom. The van der Waals surface area contributed by atoms with E-state index in [9.17, 15) is 5.11 Å². The van der Waals surface area contributed by atoms with Gasteiger partial charge in [-0.3, -0.25) is 0 Å². The Morgan fingerprint density at radius 3 is 2.00 bits per heavy atom. The molecular weight excluding hydrogens is 222 g/mol. The van der Waals surface area contributed by atoms with E-state index < -0.39 is 0 Å². The minimum Gasteiger partial charge on any atom is -0.395 e. The molecule has 0 radical (unpaired) electrons. The number of nitrogens with one attached hydrogen (secondary N) is 1. The molecule has 0 saturated heterocycles. The molecule has 0 amide bonds. The number of rotatable bonds is 5. The second kappa shape index (κ2) is 5.13. The Labute approximate surface area is 112 Å². The van der Waals surface area contributed by atoms with Gasteiger partial charge in [-0.1, -0.05) is 13.8 Å². The van der Waals surface area contributed by atoms with Crippen LogP contribution in [0.15, 0.2) is 0 Å². The van der Waals surface area contributed by atoms with E-state index in [0.29, 0.717) is 24.6 Å². The van der Waals surface area contributed by atoms with Crippen molar-refractivity contribution in [1.82, 2.24) is 5.32 Å². The van der Waals surface area contributed by atoms with Crippen LogP contribution in [0.4, 0.5) is 0 Å². The maximum absolute atomic E-state index is 9.57. The molecule has 1 unspecified atom stereocenters. The molecule has 4 bridgehead atoms. The maximum atomic E-state index is 9.57. The Hall–Kier alpha value is -0.0800. The van der Waals surface area contributed by atoms with Crippen LogP contribution < -0.4 is 5.32 Å². The highest BCUT2D eigenvalue weighted by Gasteiger charge is 2.48. The molecule has 4 aliphatic rings. The van der Waals surface area contributed by atoms with Crippen molar-refractivity contribution in [2.75, 3.05) is 6.61 Å². The summed E-state index contributed by atoms with van der Waals surface area (Å²) in [6, 6.07) is 1.04. The predicted molar refractivity (Wildman–Crippen MR) is 74.3 cm³/mol. The van der Waals surface area contributed by atoms with Gasteiger partial charge in [-0.25, -0.2) is 0 Å². The van der Waals surface area contributed by atoms with Crippen LogP contribution in [0.25, 0.3) is 0 Å². The molecular formula is C16H29NO. The first-order valence-electron chi connectivity index (χ1n) is 8.02. The number of hydrogen-bond acceptors (Lipinski definition) is 2. The summed E-state index contributed by atoms with van der Waals surface area (Å²) in [5, 5.41) is 13.4. The van der Waals surface area contributed by atoms with Gasteiger partial charge in [0.25, 0.3) is 0 Å². The van der Waals surface area contributed by atoms with E-state index in [-0.39, 0.29) is 0 Å². The minimum atomic E-state index is 0.307. The van der Waals surface area contributed by atoms with Gasteiger partial charge in [-0.2, -0.15) is 0 Å². The van der Waals surface area contributed by atoms with E-state index in [1.165, 1.54) is 32.1 Å². The van der Waals surface area contributed by atoms with Crippen LogP contribution >= 0.6 is 0 Å². The van der Waals surface area contributed by atoms with Crippen molar-refractivity contribution in [3.05, 3.63) is 0 Å². The molecule has 0 aromatic carbocycles. The smallest absolute Gasteiger partial charge is 0.0584 e. The van der Waals surface area contributed by atoms with E-state index in [2.05, 4.69) is 19.2 Å². The van der Waals surface area contributed by atoms with Crippen molar-refractivity contribution < 1.29 is 5.11 Å². The van der Waals surface area contributed by atoms with Crippen molar-refractivity contribution in [1.29, 1.82) is 0 Å². The lowest BCUT2D eigenvalue weighted by molar-refractivity contribution is -0.0210. The van der Waals surface area contributed by atoms with Gasteiger partial charge < -0.3 is 10.4 Å². The molecule has 2 N–H and O–H groups in total. The summed E-state index contributed by atoms with van der Waals surface area (Å²) < 4.78 is 0. The second-order valence-corrected chi connectivity index (χ2v) is 7.63. The van der Waals surface area contributed by atoms with E-state index >= 15 is 0 Å². The summed E-state index contributed by atoms with van der Waals surface area (Å²) in [5.41, 5.74) is 0. The molecule has 1 atom stereocenters. The number of aliphatic hydroxyl groups is 1. The van der Waals surface area contributed by atoms with Crippen molar-refractivity contribution in [3.8, 4) is 0 Å². The fourth-order valence-electron chi connectivity index (χ4n) is 5.23. The van der Waals surface area contributed by atoms with E-state index in [0.717, 1.165) is 30.1 Å². The Morgan fingerprint density at radius 2 is 1.56 bits per heavy atom. The highest BCUT2D eigenvalue weighted by atomic mass is 16.3. The van der Waals surface area contributed by atoms with Crippen LogP contribution in [0.1, 0.15) is 52.4 Å². The first kappa shape index (κ1) is 12.9. The van der Waals surface area contributed by atoms with Crippen molar-refractivity contribution in [2.45, 2.75) is 64.5 Å². The van der Waals surface area contributed by atoms with Crippen LogP contribution in [0.3, 0.4) is 0 Å². The molecule has 0 heterocycles. The molecule has 0 spiro atoms. The van der Waals surface area contributed by atoms with Gasteiger partial charge in [-0.05, 0) is 68.1 Å². The highest BCUT2D eigenvalue weighted by molar-refractivity contribution is 5.02. The second-order valence-electron chi connectivity index (χ2n) is 7.63. The Bertz CT molecular complexity index is 261. The zero-order chi connectivity index (χ0) is 12.7. The molecule has 2 heteroatoms. The molecule has 4 saturated carbocycles. The average molecular weight is 251 g/mol. The fourth-order valence-corrected chi connectivity index (χ4v) is 5.23. The minimum absolute atomic E-state index is 0.307. The quantitative estimate of drug-likeness (QED) is 0.787. The Balaban J connectivity index is 1.62. The van der Waals surface area contributed by atoms with Crippen LogP contribution in [0.5, 0.6) is 0 Å². The summed E-state index contributed by atoms with van der Waals surface area (Å²) in [6.07, 6.45) is 8.48. The van der Waals surface area contributed by atoms with Crippen LogP contribution in [0, 0.1) is 29.6 Å². The summed E-state index contributed by atoms with van der Waals surface area (Å²) >= 11 is 0. The molecule has 2 nitrogen and oxygen atoms in total. The van der Waals surface area contributed by atoms with Gasteiger partial charge >= 0.3 is 0 Å². The summed E-state index contributed by atoms with van der Waals surface area (Å²) in [7, 11) is 0. The number of hydrogen-bond donors (Lipinski definition) is 2. The number of aliphatic hydroxyl groups excluding tert-OH is 1. The van der Waals surface area contributed by atoms with Crippen molar-refractivity contribution in [2.24, 2.45) is 29.6 Å². The first-order valence-corrected chi connectivity index (χ1v) is 8.02. The van der Waals surface area contributed by atoms with Gasteiger partial charge in [0, 0.05) is 12.1 Å². The van der Waals surface area contributed by atoms with Gasteiger partial charge in [0.1, 0.15) is 0 Å². The molecule has 0 aliphatic heterocycles. The van der Waals surface area contributed by atoms with Gasteiger partial charge in [0.15, 0.2) is 0 Å².